The topological polar surface area (TPSA) is 72.2 Å². The van der Waals surface area contributed by atoms with Crippen LogP contribution < -0.4 is 9.62 Å². The lowest BCUT2D eigenvalue weighted by molar-refractivity contribution is -0.908. The van der Waals surface area contributed by atoms with Crippen molar-refractivity contribution in [2.75, 3.05) is 39.4 Å². The van der Waals surface area contributed by atoms with Gasteiger partial charge in [-0.3, -0.25) is 9.71 Å². The first-order chi connectivity index (χ1) is 10.2. The molecular weight excluding hydrogens is 290 g/mol. The first-order valence-electron chi connectivity index (χ1n) is 7.25. The number of sulfonamides is 1. The molecule has 6 nitrogen and oxygen atoms in total. The van der Waals surface area contributed by atoms with E-state index in [1.165, 1.54) is 4.90 Å². The fourth-order valence-electron chi connectivity index (χ4n) is 2.68. The summed E-state index contributed by atoms with van der Waals surface area (Å²) in [5.74, 6) is 0.475. The smallest absolute Gasteiger partial charge is 0.263 e. The Balaban J connectivity index is 1.60. The van der Waals surface area contributed by atoms with Gasteiger partial charge in [0.25, 0.3) is 10.0 Å². The average molecular weight is 310 g/mol. The van der Waals surface area contributed by atoms with Crippen molar-refractivity contribution in [3.63, 3.8) is 0 Å². The normalized spacial score (nSPS) is 23.0. The highest BCUT2D eigenvalue weighted by molar-refractivity contribution is 7.90. The molecule has 1 saturated heterocycles. The lowest BCUT2D eigenvalue weighted by Gasteiger charge is -2.23. The van der Waals surface area contributed by atoms with E-state index in [0.717, 1.165) is 39.3 Å². The zero-order valence-corrected chi connectivity index (χ0v) is 12.7. The predicted molar refractivity (Wildman–Crippen MR) is 79.2 cm³/mol. The molecule has 1 aromatic carbocycles. The maximum atomic E-state index is 11.9. The molecule has 0 unspecified atom stereocenters. The summed E-state index contributed by atoms with van der Waals surface area (Å²) in [6, 6.07) is 6.95. The van der Waals surface area contributed by atoms with Gasteiger partial charge in [0.15, 0.2) is 0 Å². The Morgan fingerprint density at radius 2 is 2.00 bits per heavy atom. The SMILES string of the molecule is O=S1(=O)NC(=NCCC[NH+]2CCOCC2)c2ccccc21. The van der Waals surface area contributed by atoms with E-state index in [9.17, 15) is 8.42 Å². The van der Waals surface area contributed by atoms with Gasteiger partial charge in [0.05, 0.1) is 24.7 Å². The molecule has 2 aliphatic rings. The van der Waals surface area contributed by atoms with Crippen LogP contribution in [0.3, 0.4) is 0 Å². The molecule has 0 spiro atoms. The summed E-state index contributed by atoms with van der Waals surface area (Å²) in [5.41, 5.74) is 0.677. The average Bonchev–Trinajstić information content (AvgIpc) is 2.77. The highest BCUT2D eigenvalue weighted by Crippen LogP contribution is 2.21. The van der Waals surface area contributed by atoms with Crippen LogP contribution in [0.25, 0.3) is 0 Å². The van der Waals surface area contributed by atoms with Crippen molar-refractivity contribution in [3.05, 3.63) is 29.8 Å². The number of nitrogens with one attached hydrogen (secondary N) is 2. The summed E-state index contributed by atoms with van der Waals surface area (Å²) in [7, 11) is -3.41. The van der Waals surface area contributed by atoms with E-state index in [2.05, 4.69) is 9.71 Å². The van der Waals surface area contributed by atoms with Gasteiger partial charge in [-0.1, -0.05) is 12.1 Å². The van der Waals surface area contributed by atoms with Crippen LogP contribution >= 0.6 is 0 Å². The molecule has 1 fully saturated rings. The van der Waals surface area contributed by atoms with Crippen LogP contribution in [0.4, 0.5) is 0 Å². The molecule has 0 aromatic heterocycles. The summed E-state index contributed by atoms with van der Waals surface area (Å²) in [5, 5.41) is 0. The molecule has 0 amide bonds. The maximum absolute atomic E-state index is 11.9. The van der Waals surface area contributed by atoms with Crippen LogP contribution in [0.5, 0.6) is 0 Å². The van der Waals surface area contributed by atoms with Crippen molar-refractivity contribution in [2.45, 2.75) is 11.3 Å². The predicted octanol–water partition coefficient (Wildman–Crippen LogP) is -0.970. The summed E-state index contributed by atoms with van der Waals surface area (Å²) < 4.78 is 31.7. The molecule has 114 valence electrons. The number of quaternary nitrogens is 1. The van der Waals surface area contributed by atoms with Gasteiger partial charge >= 0.3 is 0 Å². The molecule has 0 saturated carbocycles. The Kier molecular flexibility index (Phi) is 4.23. The van der Waals surface area contributed by atoms with Crippen molar-refractivity contribution >= 4 is 15.9 Å². The van der Waals surface area contributed by atoms with Crippen LogP contribution in [0, 0.1) is 0 Å². The zero-order chi connectivity index (χ0) is 14.7. The first kappa shape index (κ1) is 14.5. The first-order valence-corrected chi connectivity index (χ1v) is 8.73. The number of benzene rings is 1. The fraction of sp³-hybridized carbons (Fsp3) is 0.500. The molecule has 2 aliphatic heterocycles. The second kappa shape index (κ2) is 6.13. The van der Waals surface area contributed by atoms with E-state index in [4.69, 9.17) is 4.74 Å². The number of hydrogen-bond acceptors (Lipinski definition) is 4. The van der Waals surface area contributed by atoms with Gasteiger partial charge in [-0.25, -0.2) is 8.42 Å². The summed E-state index contributed by atoms with van der Waals surface area (Å²) in [4.78, 5) is 6.28. The maximum Gasteiger partial charge on any atom is 0.263 e. The lowest BCUT2D eigenvalue weighted by Crippen LogP contribution is -3.14. The number of rotatable bonds is 4. The molecule has 1 aromatic rings. The van der Waals surface area contributed by atoms with Gasteiger partial charge in [0.2, 0.25) is 0 Å². The highest BCUT2D eigenvalue weighted by atomic mass is 32.2. The minimum atomic E-state index is -3.41. The fourth-order valence-corrected chi connectivity index (χ4v) is 3.93. The second-order valence-electron chi connectivity index (χ2n) is 5.30. The van der Waals surface area contributed by atoms with Crippen LogP contribution in [0.15, 0.2) is 34.2 Å². The number of fused-ring (bicyclic) bond motifs is 1. The molecule has 0 aliphatic carbocycles. The Bertz CT molecular complexity index is 637. The molecule has 7 heteroatoms. The van der Waals surface area contributed by atoms with Crippen LogP contribution in [0.2, 0.25) is 0 Å². The van der Waals surface area contributed by atoms with E-state index >= 15 is 0 Å². The van der Waals surface area contributed by atoms with Crippen LogP contribution in [0.1, 0.15) is 12.0 Å². The molecule has 0 bridgehead atoms. The lowest BCUT2D eigenvalue weighted by atomic mass is 10.2. The quantitative estimate of drug-likeness (QED) is 0.703. The van der Waals surface area contributed by atoms with E-state index in [-0.39, 0.29) is 0 Å². The van der Waals surface area contributed by atoms with Crippen molar-refractivity contribution < 1.29 is 18.1 Å². The van der Waals surface area contributed by atoms with Gasteiger partial charge in [-0.05, 0) is 12.1 Å². The molecule has 0 atom stereocenters. The van der Waals surface area contributed by atoms with Gasteiger partial charge in [0, 0.05) is 18.5 Å². The number of aliphatic imine (C=N–C) groups is 1. The monoisotopic (exact) mass is 310 g/mol. The highest BCUT2D eigenvalue weighted by Gasteiger charge is 2.29. The second-order valence-corrected chi connectivity index (χ2v) is 6.95. The standard InChI is InChI=1S/C14H19N3O3S/c18-21(19)13-5-2-1-4-12(13)14(16-21)15-6-3-7-17-8-10-20-11-9-17/h1-2,4-5H,3,6-11H2,(H,15,16)/p+1. The number of morpholine rings is 1. The summed E-state index contributed by atoms with van der Waals surface area (Å²) in [6.45, 7) is 5.44. The molecule has 0 radical (unpaired) electrons. The van der Waals surface area contributed by atoms with Crippen LogP contribution in [-0.4, -0.2) is 53.6 Å². The number of hydrogen-bond donors (Lipinski definition) is 2. The Morgan fingerprint density at radius 1 is 1.24 bits per heavy atom. The third-order valence-corrected chi connectivity index (χ3v) is 5.22. The molecule has 2 N–H and O–H groups in total. The minimum absolute atomic E-state index is 0.322. The molecule has 3 rings (SSSR count). The van der Waals surface area contributed by atoms with E-state index < -0.39 is 10.0 Å². The van der Waals surface area contributed by atoms with Gasteiger partial charge in [0.1, 0.15) is 18.9 Å². The van der Waals surface area contributed by atoms with Gasteiger partial charge < -0.3 is 9.64 Å². The van der Waals surface area contributed by atoms with Gasteiger partial charge in [-0.15, -0.1) is 0 Å². The van der Waals surface area contributed by atoms with Gasteiger partial charge in [-0.2, -0.15) is 0 Å². The largest absolute Gasteiger partial charge is 0.370 e. The zero-order valence-electron chi connectivity index (χ0n) is 11.8. The number of amidine groups is 1. The third kappa shape index (κ3) is 3.25. The number of ether oxygens (including phenoxy) is 1. The van der Waals surface area contributed by atoms with Crippen LogP contribution in [-0.2, 0) is 14.8 Å². The van der Waals surface area contributed by atoms with Crippen molar-refractivity contribution in [1.82, 2.24) is 4.72 Å². The third-order valence-electron chi connectivity index (χ3n) is 3.82. The Hall–Kier alpha value is -1.44. The summed E-state index contributed by atoms with van der Waals surface area (Å²) in [6.07, 6.45) is 0.947. The van der Waals surface area contributed by atoms with Crippen molar-refractivity contribution in [1.29, 1.82) is 0 Å². The Labute approximate surface area is 124 Å². The van der Waals surface area contributed by atoms with Crippen molar-refractivity contribution in [2.24, 2.45) is 4.99 Å². The van der Waals surface area contributed by atoms with E-state index in [1.54, 1.807) is 18.2 Å². The Morgan fingerprint density at radius 3 is 2.81 bits per heavy atom. The molecule has 2 heterocycles. The minimum Gasteiger partial charge on any atom is -0.370 e. The van der Waals surface area contributed by atoms with E-state index in [0.29, 0.717) is 22.8 Å². The van der Waals surface area contributed by atoms with E-state index in [1.807, 2.05) is 6.07 Å². The number of nitrogens with zero attached hydrogens (tertiary/aromatic N) is 1. The van der Waals surface area contributed by atoms with Crippen molar-refractivity contribution in [3.8, 4) is 0 Å². The summed E-state index contributed by atoms with van der Waals surface area (Å²) >= 11 is 0. The molecular formula is C14H20N3O3S+. The molecule has 21 heavy (non-hydrogen) atoms.